The number of carbonyl (C=O) groups excluding carboxylic acids is 2. The summed E-state index contributed by atoms with van der Waals surface area (Å²) in [5, 5.41) is 13.2. The number of benzene rings is 2. The molecule has 4 nitrogen and oxygen atoms in total. The number of hydrogen-bond acceptors (Lipinski definition) is 4. The Morgan fingerprint density at radius 2 is 1.93 bits per heavy atom. The predicted molar refractivity (Wildman–Crippen MR) is 109 cm³/mol. The van der Waals surface area contributed by atoms with Gasteiger partial charge in [-0.15, -0.1) is 11.3 Å². The van der Waals surface area contributed by atoms with Crippen LogP contribution in [0.4, 0.5) is 5.69 Å². The van der Waals surface area contributed by atoms with Gasteiger partial charge in [-0.2, -0.15) is 0 Å². The van der Waals surface area contributed by atoms with Crippen LogP contribution in [0.5, 0.6) is 0 Å². The molecule has 2 aromatic carbocycles. The Morgan fingerprint density at radius 3 is 2.67 bits per heavy atom. The number of aliphatic hydroxyl groups is 1. The first kappa shape index (κ1) is 18.1. The van der Waals surface area contributed by atoms with Crippen LogP contribution in [-0.4, -0.2) is 16.8 Å². The van der Waals surface area contributed by atoms with Crippen molar-refractivity contribution in [2.45, 2.75) is 18.6 Å². The molecule has 1 aliphatic rings. The van der Waals surface area contributed by atoms with Crippen molar-refractivity contribution < 1.29 is 14.7 Å². The van der Waals surface area contributed by atoms with Crippen LogP contribution < -0.4 is 4.90 Å². The fraction of sp³-hybridized carbons (Fsp3) is 0.143. The first-order chi connectivity index (χ1) is 13.0. The zero-order valence-electron chi connectivity index (χ0n) is 14.3. The molecule has 4 rings (SSSR count). The lowest BCUT2D eigenvalue weighted by Crippen LogP contribution is -2.41. The van der Waals surface area contributed by atoms with E-state index < -0.39 is 11.5 Å². The van der Waals surface area contributed by atoms with Crippen LogP contribution in [-0.2, 0) is 16.9 Å². The lowest BCUT2D eigenvalue weighted by Gasteiger charge is -2.22. The minimum absolute atomic E-state index is 0.278. The van der Waals surface area contributed by atoms with E-state index in [4.69, 9.17) is 0 Å². The summed E-state index contributed by atoms with van der Waals surface area (Å²) in [7, 11) is 0. The normalized spacial score (nSPS) is 18.6. The Morgan fingerprint density at radius 1 is 1.11 bits per heavy atom. The van der Waals surface area contributed by atoms with Gasteiger partial charge in [0, 0.05) is 20.5 Å². The van der Waals surface area contributed by atoms with Crippen LogP contribution in [0.1, 0.15) is 27.2 Å². The Balaban J connectivity index is 1.69. The SMILES string of the molecule is O=C(CC1(O)C(=O)N(Cc2cccs2)c2ccccc21)c1cccc(Br)c1. The Bertz CT molecular complexity index is 1020. The molecule has 2 heterocycles. The number of fused-ring (bicyclic) bond motifs is 1. The standard InChI is InChI=1S/C21H16BrNO3S/c22-15-6-3-5-14(11-15)19(24)12-21(26)17-8-1-2-9-18(17)23(20(21)25)13-16-7-4-10-27-16/h1-11,26H,12-13H2. The molecule has 1 aromatic heterocycles. The number of rotatable bonds is 5. The quantitative estimate of drug-likeness (QED) is 0.592. The second-order valence-corrected chi connectivity index (χ2v) is 8.41. The van der Waals surface area contributed by atoms with Crippen LogP contribution >= 0.6 is 27.3 Å². The van der Waals surface area contributed by atoms with E-state index >= 15 is 0 Å². The molecule has 0 spiro atoms. The average Bonchev–Trinajstić information content (AvgIpc) is 3.24. The highest BCUT2D eigenvalue weighted by molar-refractivity contribution is 9.10. The maximum absolute atomic E-state index is 13.2. The molecule has 0 radical (unpaired) electrons. The molecule has 1 N–H and O–H groups in total. The van der Waals surface area contributed by atoms with E-state index in [1.54, 1.807) is 46.6 Å². The van der Waals surface area contributed by atoms with E-state index in [1.807, 2.05) is 35.7 Å². The molecular formula is C21H16BrNO3S. The van der Waals surface area contributed by atoms with Gasteiger partial charge in [0.25, 0.3) is 5.91 Å². The summed E-state index contributed by atoms with van der Waals surface area (Å²) in [6.45, 7) is 0.376. The number of thiophene rings is 1. The van der Waals surface area contributed by atoms with Gasteiger partial charge in [0.05, 0.1) is 18.7 Å². The van der Waals surface area contributed by atoms with E-state index in [0.717, 1.165) is 9.35 Å². The molecule has 0 bridgehead atoms. The van der Waals surface area contributed by atoms with E-state index in [2.05, 4.69) is 15.9 Å². The molecule has 0 fully saturated rings. The van der Waals surface area contributed by atoms with E-state index in [-0.39, 0.29) is 12.2 Å². The molecule has 1 atom stereocenters. The van der Waals surface area contributed by atoms with Gasteiger partial charge in [-0.3, -0.25) is 9.59 Å². The van der Waals surface area contributed by atoms with Gasteiger partial charge in [-0.05, 0) is 29.6 Å². The summed E-state index contributed by atoms with van der Waals surface area (Å²) < 4.78 is 0.776. The van der Waals surface area contributed by atoms with Gasteiger partial charge >= 0.3 is 0 Å². The molecule has 1 amide bonds. The third-order valence-electron chi connectivity index (χ3n) is 4.70. The molecule has 0 saturated heterocycles. The number of para-hydroxylation sites is 1. The summed E-state index contributed by atoms with van der Waals surface area (Å²) in [4.78, 5) is 28.5. The fourth-order valence-electron chi connectivity index (χ4n) is 3.39. The summed E-state index contributed by atoms with van der Waals surface area (Å²) in [5.74, 6) is -0.736. The van der Waals surface area contributed by atoms with E-state index in [9.17, 15) is 14.7 Å². The Labute approximate surface area is 169 Å². The van der Waals surface area contributed by atoms with Crippen molar-refractivity contribution in [3.8, 4) is 0 Å². The lowest BCUT2D eigenvalue weighted by molar-refractivity contribution is -0.136. The number of Topliss-reactive ketones (excluding diaryl/α,β-unsaturated/α-hetero) is 1. The highest BCUT2D eigenvalue weighted by atomic mass is 79.9. The summed E-state index contributed by atoms with van der Waals surface area (Å²) >= 11 is 4.90. The highest BCUT2D eigenvalue weighted by Gasteiger charge is 2.50. The monoisotopic (exact) mass is 441 g/mol. The third kappa shape index (κ3) is 3.25. The second-order valence-electron chi connectivity index (χ2n) is 6.46. The van der Waals surface area contributed by atoms with Gasteiger partial charge in [-0.1, -0.05) is 52.3 Å². The topological polar surface area (TPSA) is 57.6 Å². The van der Waals surface area contributed by atoms with Crippen LogP contribution in [0.2, 0.25) is 0 Å². The maximum atomic E-state index is 13.2. The third-order valence-corrected chi connectivity index (χ3v) is 6.05. The minimum Gasteiger partial charge on any atom is -0.375 e. The van der Waals surface area contributed by atoms with Crippen LogP contribution in [0, 0.1) is 0 Å². The molecule has 0 aliphatic carbocycles. The molecule has 3 aromatic rings. The van der Waals surface area contributed by atoms with Gasteiger partial charge in [-0.25, -0.2) is 0 Å². The van der Waals surface area contributed by atoms with Gasteiger partial charge in [0.15, 0.2) is 11.4 Å². The molecule has 1 aliphatic heterocycles. The molecule has 0 saturated carbocycles. The lowest BCUT2D eigenvalue weighted by atomic mass is 9.88. The van der Waals surface area contributed by atoms with Crippen molar-refractivity contribution in [1.82, 2.24) is 0 Å². The van der Waals surface area contributed by atoms with Crippen LogP contribution in [0.25, 0.3) is 0 Å². The van der Waals surface area contributed by atoms with Crippen molar-refractivity contribution in [2.75, 3.05) is 4.90 Å². The average molecular weight is 442 g/mol. The van der Waals surface area contributed by atoms with Gasteiger partial charge in [0.1, 0.15) is 0 Å². The van der Waals surface area contributed by atoms with Gasteiger partial charge < -0.3 is 10.0 Å². The molecule has 27 heavy (non-hydrogen) atoms. The van der Waals surface area contributed by atoms with Crippen molar-refractivity contribution in [1.29, 1.82) is 0 Å². The first-order valence-electron chi connectivity index (χ1n) is 8.44. The fourth-order valence-corrected chi connectivity index (χ4v) is 4.48. The number of nitrogens with zero attached hydrogens (tertiary/aromatic N) is 1. The van der Waals surface area contributed by atoms with E-state index in [1.165, 1.54) is 0 Å². The molecular weight excluding hydrogens is 426 g/mol. The molecule has 136 valence electrons. The smallest absolute Gasteiger partial charge is 0.264 e. The van der Waals surface area contributed by atoms with Crippen molar-refractivity contribution in [3.05, 3.63) is 86.5 Å². The number of anilines is 1. The summed E-state index contributed by atoms with van der Waals surface area (Å²) in [6, 6.07) is 18.0. The van der Waals surface area contributed by atoms with Crippen LogP contribution in [0.15, 0.2) is 70.5 Å². The molecule has 1 unspecified atom stereocenters. The largest absolute Gasteiger partial charge is 0.375 e. The number of hydrogen-bond donors (Lipinski definition) is 1. The van der Waals surface area contributed by atoms with Crippen molar-refractivity contribution in [2.24, 2.45) is 0 Å². The first-order valence-corrected chi connectivity index (χ1v) is 10.1. The summed E-state index contributed by atoms with van der Waals surface area (Å²) in [5.41, 5.74) is -0.261. The summed E-state index contributed by atoms with van der Waals surface area (Å²) in [6.07, 6.45) is -0.291. The Kier molecular flexibility index (Phi) is 4.72. The van der Waals surface area contributed by atoms with Crippen molar-refractivity contribution in [3.63, 3.8) is 0 Å². The number of amides is 1. The zero-order valence-corrected chi connectivity index (χ0v) is 16.7. The second kappa shape index (κ2) is 7.03. The Hall–Kier alpha value is -2.28. The minimum atomic E-state index is -1.85. The number of halogens is 1. The van der Waals surface area contributed by atoms with Crippen LogP contribution in [0.3, 0.4) is 0 Å². The zero-order chi connectivity index (χ0) is 19.0. The molecule has 6 heteroatoms. The predicted octanol–water partition coefficient (Wildman–Crippen LogP) is 4.52. The van der Waals surface area contributed by atoms with E-state index in [0.29, 0.717) is 23.4 Å². The maximum Gasteiger partial charge on any atom is 0.264 e. The highest BCUT2D eigenvalue weighted by Crippen LogP contribution is 2.43. The number of carbonyl (C=O) groups is 2. The van der Waals surface area contributed by atoms with Crippen molar-refractivity contribution >= 4 is 44.6 Å². The number of ketones is 1. The van der Waals surface area contributed by atoms with Gasteiger partial charge in [0.2, 0.25) is 0 Å².